The number of nitrogens with zero attached hydrogens (tertiary/aromatic N) is 3. The second-order valence-electron chi connectivity index (χ2n) is 5.18. The van der Waals surface area contributed by atoms with E-state index >= 15 is 0 Å². The van der Waals surface area contributed by atoms with Crippen LogP contribution in [0.3, 0.4) is 0 Å². The Kier molecular flexibility index (Phi) is 6.71. The lowest BCUT2D eigenvalue weighted by molar-refractivity contribution is -0.119. The van der Waals surface area contributed by atoms with Crippen molar-refractivity contribution >= 4 is 40.9 Å². The molecule has 8 heteroatoms. The highest BCUT2D eigenvalue weighted by Gasteiger charge is 2.14. The van der Waals surface area contributed by atoms with E-state index in [2.05, 4.69) is 22.1 Å². The van der Waals surface area contributed by atoms with Gasteiger partial charge in [-0.3, -0.25) is 4.79 Å². The molecular formula is C16H18Cl2N4OS. The number of thioether (sulfide) groups is 1. The zero-order valence-electron chi connectivity index (χ0n) is 13.4. The molecule has 0 saturated carbocycles. The second kappa shape index (κ2) is 8.55. The molecule has 5 nitrogen and oxygen atoms in total. The summed E-state index contributed by atoms with van der Waals surface area (Å²) in [6, 6.07) is 5.15. The standard InChI is InChI=1S/C16H18Cl2N4OS/c1-4-7-22-11(3)20-21-16(22)24-9-15(23)19-10(2)12-5-6-13(17)14(18)8-12/h4-6,8,10H,1,7,9H2,2-3H3,(H,19,23). The van der Waals surface area contributed by atoms with Crippen LogP contribution in [-0.4, -0.2) is 26.4 Å². The average Bonchev–Trinajstić information content (AvgIpc) is 2.89. The van der Waals surface area contributed by atoms with Gasteiger partial charge in [0.15, 0.2) is 5.16 Å². The summed E-state index contributed by atoms with van der Waals surface area (Å²) < 4.78 is 1.91. The lowest BCUT2D eigenvalue weighted by Crippen LogP contribution is -2.28. The number of aryl methyl sites for hydroxylation is 1. The monoisotopic (exact) mass is 384 g/mol. The minimum absolute atomic E-state index is 0.0932. The van der Waals surface area contributed by atoms with Crippen molar-refractivity contribution in [2.24, 2.45) is 0 Å². The fourth-order valence-corrected chi connectivity index (χ4v) is 3.20. The summed E-state index contributed by atoms with van der Waals surface area (Å²) in [4.78, 5) is 12.2. The highest BCUT2D eigenvalue weighted by atomic mass is 35.5. The van der Waals surface area contributed by atoms with Gasteiger partial charge in [0, 0.05) is 6.54 Å². The van der Waals surface area contributed by atoms with Crippen LogP contribution in [0.5, 0.6) is 0 Å². The molecule has 0 saturated heterocycles. The zero-order valence-corrected chi connectivity index (χ0v) is 15.8. The average molecular weight is 385 g/mol. The Labute approximate surface area is 155 Å². The van der Waals surface area contributed by atoms with Crippen LogP contribution >= 0.6 is 35.0 Å². The van der Waals surface area contributed by atoms with Crippen LogP contribution in [0, 0.1) is 6.92 Å². The third kappa shape index (κ3) is 4.75. The van der Waals surface area contributed by atoms with Gasteiger partial charge in [0.1, 0.15) is 5.82 Å². The van der Waals surface area contributed by atoms with Gasteiger partial charge < -0.3 is 9.88 Å². The summed E-state index contributed by atoms with van der Waals surface area (Å²) in [5, 5.41) is 12.7. The van der Waals surface area contributed by atoms with Crippen LogP contribution in [0.2, 0.25) is 10.0 Å². The van der Waals surface area contributed by atoms with E-state index < -0.39 is 0 Å². The predicted octanol–water partition coefficient (Wildman–Crippen LogP) is 4.05. The predicted molar refractivity (Wildman–Crippen MR) is 98.7 cm³/mol. The van der Waals surface area contributed by atoms with Crippen molar-refractivity contribution in [3.05, 3.63) is 52.3 Å². The molecule has 0 bridgehead atoms. The van der Waals surface area contributed by atoms with Gasteiger partial charge in [-0.25, -0.2) is 0 Å². The van der Waals surface area contributed by atoms with Crippen LogP contribution in [0.1, 0.15) is 24.4 Å². The van der Waals surface area contributed by atoms with Gasteiger partial charge >= 0.3 is 0 Å². The molecule has 2 rings (SSSR count). The lowest BCUT2D eigenvalue weighted by atomic mass is 10.1. The first-order valence-corrected chi connectivity index (χ1v) is 9.04. The molecule has 0 aliphatic rings. The van der Waals surface area contributed by atoms with Crippen molar-refractivity contribution in [2.75, 3.05) is 5.75 Å². The van der Waals surface area contributed by atoms with Crippen LogP contribution < -0.4 is 5.32 Å². The summed E-state index contributed by atoms with van der Waals surface area (Å²) in [6.07, 6.45) is 1.77. The van der Waals surface area contributed by atoms with Crippen LogP contribution in [0.15, 0.2) is 36.0 Å². The number of nitrogens with one attached hydrogen (secondary N) is 1. The molecule has 0 radical (unpaired) electrons. The van der Waals surface area contributed by atoms with E-state index in [1.165, 1.54) is 11.8 Å². The highest BCUT2D eigenvalue weighted by molar-refractivity contribution is 7.99. The van der Waals surface area contributed by atoms with Crippen molar-refractivity contribution in [3.63, 3.8) is 0 Å². The zero-order chi connectivity index (χ0) is 17.7. The number of carbonyl (C=O) groups excluding carboxylic acids is 1. The maximum Gasteiger partial charge on any atom is 0.230 e. The van der Waals surface area contributed by atoms with E-state index in [1.807, 2.05) is 24.5 Å². The Morgan fingerprint density at radius 1 is 1.42 bits per heavy atom. The van der Waals surface area contributed by atoms with Gasteiger partial charge in [-0.15, -0.1) is 16.8 Å². The van der Waals surface area contributed by atoms with Crippen molar-refractivity contribution in [2.45, 2.75) is 31.6 Å². The third-order valence-electron chi connectivity index (χ3n) is 3.37. The number of allylic oxidation sites excluding steroid dienone is 1. The molecule has 1 unspecified atom stereocenters. The number of halogens is 2. The topological polar surface area (TPSA) is 59.8 Å². The second-order valence-corrected chi connectivity index (χ2v) is 6.94. The molecule has 1 amide bonds. The molecule has 1 N–H and O–H groups in total. The molecule has 1 aromatic heterocycles. The van der Waals surface area contributed by atoms with E-state index in [1.54, 1.807) is 18.2 Å². The number of amides is 1. The Morgan fingerprint density at radius 2 is 2.17 bits per heavy atom. The van der Waals surface area contributed by atoms with Gasteiger partial charge in [-0.2, -0.15) is 0 Å². The summed E-state index contributed by atoms with van der Waals surface area (Å²) >= 11 is 13.3. The molecule has 24 heavy (non-hydrogen) atoms. The molecule has 0 aliphatic carbocycles. The van der Waals surface area contributed by atoms with Crippen molar-refractivity contribution in [3.8, 4) is 0 Å². The van der Waals surface area contributed by atoms with Gasteiger partial charge in [-0.1, -0.05) is 47.1 Å². The van der Waals surface area contributed by atoms with Crippen molar-refractivity contribution in [1.82, 2.24) is 20.1 Å². The Balaban J connectivity index is 1.93. The van der Waals surface area contributed by atoms with Gasteiger partial charge in [0.25, 0.3) is 0 Å². The molecule has 128 valence electrons. The first-order chi connectivity index (χ1) is 11.4. The first-order valence-electron chi connectivity index (χ1n) is 7.30. The van der Waals surface area contributed by atoms with Crippen molar-refractivity contribution in [1.29, 1.82) is 0 Å². The minimum atomic E-state index is -0.166. The third-order valence-corrected chi connectivity index (χ3v) is 5.07. The maximum atomic E-state index is 12.2. The quantitative estimate of drug-likeness (QED) is 0.577. The lowest BCUT2D eigenvalue weighted by Gasteiger charge is -2.15. The molecule has 0 fully saturated rings. The normalized spacial score (nSPS) is 12.0. The van der Waals surface area contributed by atoms with Crippen molar-refractivity contribution < 1.29 is 4.79 Å². The number of hydrogen-bond donors (Lipinski definition) is 1. The summed E-state index contributed by atoms with van der Waals surface area (Å²) in [5.41, 5.74) is 0.897. The van der Waals surface area contributed by atoms with E-state index in [-0.39, 0.29) is 17.7 Å². The van der Waals surface area contributed by atoms with E-state index in [9.17, 15) is 4.79 Å². The number of aromatic nitrogens is 3. The first kappa shape index (κ1) is 18.8. The maximum absolute atomic E-state index is 12.2. The molecule has 1 atom stereocenters. The number of carbonyl (C=O) groups is 1. The molecular weight excluding hydrogens is 367 g/mol. The SMILES string of the molecule is C=CCn1c(C)nnc1SCC(=O)NC(C)c1ccc(Cl)c(Cl)c1. The smallest absolute Gasteiger partial charge is 0.230 e. The molecule has 1 heterocycles. The largest absolute Gasteiger partial charge is 0.349 e. The van der Waals surface area contributed by atoms with Gasteiger partial charge in [0.05, 0.1) is 21.8 Å². The van der Waals surface area contributed by atoms with E-state index in [0.29, 0.717) is 21.7 Å². The number of rotatable bonds is 7. The Hall–Kier alpha value is -1.50. The minimum Gasteiger partial charge on any atom is -0.349 e. The fourth-order valence-electron chi connectivity index (χ4n) is 2.09. The van der Waals surface area contributed by atoms with Crippen LogP contribution in [0.4, 0.5) is 0 Å². The number of benzene rings is 1. The number of hydrogen-bond acceptors (Lipinski definition) is 4. The highest BCUT2D eigenvalue weighted by Crippen LogP contribution is 2.25. The van der Waals surface area contributed by atoms with Crippen LogP contribution in [-0.2, 0) is 11.3 Å². The van der Waals surface area contributed by atoms with E-state index in [0.717, 1.165) is 11.4 Å². The summed E-state index contributed by atoms with van der Waals surface area (Å²) in [6.45, 7) is 8.09. The van der Waals surface area contributed by atoms with Gasteiger partial charge in [0.2, 0.25) is 5.91 Å². The molecule has 1 aromatic carbocycles. The molecule has 0 spiro atoms. The molecule has 0 aliphatic heterocycles. The summed E-state index contributed by atoms with van der Waals surface area (Å²) in [5.74, 6) is 0.951. The molecule has 2 aromatic rings. The summed E-state index contributed by atoms with van der Waals surface area (Å²) in [7, 11) is 0. The van der Waals surface area contributed by atoms with Gasteiger partial charge in [-0.05, 0) is 31.5 Å². The fraction of sp³-hybridized carbons (Fsp3) is 0.312. The van der Waals surface area contributed by atoms with E-state index in [4.69, 9.17) is 23.2 Å². The Morgan fingerprint density at radius 3 is 2.83 bits per heavy atom. The van der Waals surface area contributed by atoms with Crippen LogP contribution in [0.25, 0.3) is 0 Å². The Bertz CT molecular complexity index is 748.